The van der Waals surface area contributed by atoms with E-state index in [0.717, 1.165) is 11.3 Å². The molecular weight excluding hydrogens is 368 g/mol. The van der Waals surface area contributed by atoms with Crippen molar-refractivity contribution >= 4 is 29.1 Å². The van der Waals surface area contributed by atoms with E-state index in [1.54, 1.807) is 30.3 Å². The maximum Gasteiger partial charge on any atom is 0.339 e. The molecule has 0 saturated carbocycles. The maximum absolute atomic E-state index is 12.7. The van der Waals surface area contributed by atoms with E-state index in [1.165, 1.54) is 13.4 Å². The van der Waals surface area contributed by atoms with Crippen LogP contribution in [0.15, 0.2) is 60.9 Å². The number of amides is 1. The van der Waals surface area contributed by atoms with Gasteiger partial charge in [-0.25, -0.2) is 14.8 Å². The molecule has 2 aromatic carbocycles. The fraction of sp³-hybridized carbons (Fsp3) is 0.182. The van der Waals surface area contributed by atoms with Crippen molar-refractivity contribution in [1.82, 2.24) is 9.97 Å². The number of carbonyl (C=O) groups is 2. The molecule has 0 unspecified atom stereocenters. The number of anilines is 3. The Kier molecular flexibility index (Phi) is 6.19. The largest absolute Gasteiger partial charge is 0.465 e. The van der Waals surface area contributed by atoms with Crippen molar-refractivity contribution in [3.8, 4) is 0 Å². The van der Waals surface area contributed by atoms with E-state index in [0.29, 0.717) is 17.4 Å². The van der Waals surface area contributed by atoms with Crippen LogP contribution in [0.3, 0.4) is 0 Å². The lowest BCUT2D eigenvalue weighted by Crippen LogP contribution is -2.17. The molecule has 1 amide bonds. The first-order valence-electron chi connectivity index (χ1n) is 9.16. The molecule has 0 aliphatic rings. The number of methoxy groups -OCH3 is 1. The molecule has 0 aliphatic carbocycles. The Morgan fingerprint density at radius 3 is 2.38 bits per heavy atom. The van der Waals surface area contributed by atoms with Crippen molar-refractivity contribution in [2.24, 2.45) is 0 Å². The van der Waals surface area contributed by atoms with Crippen LogP contribution in [-0.4, -0.2) is 29.0 Å². The van der Waals surface area contributed by atoms with Crippen molar-refractivity contribution < 1.29 is 14.3 Å². The molecular formula is C22H22N4O3. The highest BCUT2D eigenvalue weighted by Gasteiger charge is 2.16. The lowest BCUT2D eigenvalue weighted by atomic mass is 10.0. The summed E-state index contributed by atoms with van der Waals surface area (Å²) in [5, 5.41) is 5.95. The minimum absolute atomic E-state index is 0.171. The third-order valence-electron chi connectivity index (χ3n) is 4.33. The van der Waals surface area contributed by atoms with Gasteiger partial charge in [-0.3, -0.25) is 4.79 Å². The average molecular weight is 390 g/mol. The number of para-hydroxylation sites is 2. The summed E-state index contributed by atoms with van der Waals surface area (Å²) in [6.45, 7) is 4.22. The van der Waals surface area contributed by atoms with Crippen molar-refractivity contribution in [3.05, 3.63) is 77.7 Å². The van der Waals surface area contributed by atoms with Gasteiger partial charge in [-0.1, -0.05) is 44.2 Å². The topological polar surface area (TPSA) is 93.2 Å². The fourth-order valence-corrected chi connectivity index (χ4v) is 2.87. The second-order valence-corrected chi connectivity index (χ2v) is 6.65. The van der Waals surface area contributed by atoms with Crippen LogP contribution in [0.4, 0.5) is 17.2 Å². The van der Waals surface area contributed by atoms with Crippen LogP contribution in [0.5, 0.6) is 0 Å². The van der Waals surface area contributed by atoms with Crippen LogP contribution in [0.25, 0.3) is 0 Å². The predicted molar refractivity (Wildman–Crippen MR) is 112 cm³/mol. The van der Waals surface area contributed by atoms with E-state index in [2.05, 4.69) is 34.4 Å². The molecule has 0 aliphatic heterocycles. The summed E-state index contributed by atoms with van der Waals surface area (Å²) in [5.74, 6) is -0.155. The SMILES string of the molecule is COC(=O)c1ccccc1NC(=O)c1cc(Nc2ccccc2C(C)C)ncn1. The molecule has 7 nitrogen and oxygen atoms in total. The monoisotopic (exact) mass is 390 g/mol. The van der Waals surface area contributed by atoms with Gasteiger partial charge in [0.25, 0.3) is 5.91 Å². The third-order valence-corrected chi connectivity index (χ3v) is 4.33. The maximum atomic E-state index is 12.7. The quantitative estimate of drug-likeness (QED) is 0.607. The standard InChI is InChI=1S/C22H22N4O3/c1-14(2)15-8-4-6-10-17(15)25-20-12-19(23-13-24-20)21(27)26-18-11-7-5-9-16(18)22(28)29-3/h4-14H,1-3H3,(H,26,27)(H,23,24,25). The van der Waals surface area contributed by atoms with Gasteiger partial charge < -0.3 is 15.4 Å². The van der Waals surface area contributed by atoms with E-state index in [4.69, 9.17) is 4.74 Å². The Morgan fingerprint density at radius 2 is 1.66 bits per heavy atom. The Labute approximate surface area is 169 Å². The van der Waals surface area contributed by atoms with Gasteiger partial charge in [0, 0.05) is 11.8 Å². The van der Waals surface area contributed by atoms with E-state index >= 15 is 0 Å². The number of carbonyl (C=O) groups excluding carboxylic acids is 2. The van der Waals surface area contributed by atoms with E-state index < -0.39 is 11.9 Å². The van der Waals surface area contributed by atoms with Gasteiger partial charge in [0.1, 0.15) is 17.8 Å². The molecule has 2 N–H and O–H groups in total. The molecule has 0 bridgehead atoms. The molecule has 0 saturated heterocycles. The van der Waals surface area contributed by atoms with Gasteiger partial charge in [-0.2, -0.15) is 0 Å². The van der Waals surface area contributed by atoms with Crippen molar-refractivity contribution in [1.29, 1.82) is 0 Å². The molecule has 1 aromatic heterocycles. The smallest absolute Gasteiger partial charge is 0.339 e. The molecule has 0 fully saturated rings. The minimum Gasteiger partial charge on any atom is -0.465 e. The van der Waals surface area contributed by atoms with Crippen LogP contribution in [0.1, 0.15) is 46.2 Å². The zero-order valence-electron chi connectivity index (χ0n) is 16.5. The number of esters is 1. The van der Waals surface area contributed by atoms with Crippen LogP contribution in [-0.2, 0) is 4.74 Å². The normalized spacial score (nSPS) is 10.5. The molecule has 29 heavy (non-hydrogen) atoms. The third kappa shape index (κ3) is 4.76. The lowest BCUT2D eigenvalue weighted by Gasteiger charge is -2.14. The Morgan fingerprint density at radius 1 is 0.966 bits per heavy atom. The van der Waals surface area contributed by atoms with Gasteiger partial charge >= 0.3 is 5.97 Å². The van der Waals surface area contributed by atoms with Crippen LogP contribution in [0, 0.1) is 0 Å². The predicted octanol–water partition coefficient (Wildman–Crippen LogP) is 4.38. The summed E-state index contributed by atoms with van der Waals surface area (Å²) in [7, 11) is 1.29. The first-order valence-corrected chi connectivity index (χ1v) is 9.16. The minimum atomic E-state index is -0.531. The van der Waals surface area contributed by atoms with Crippen molar-refractivity contribution in [2.45, 2.75) is 19.8 Å². The number of hydrogen-bond acceptors (Lipinski definition) is 6. The van der Waals surface area contributed by atoms with Crippen LogP contribution >= 0.6 is 0 Å². The Balaban J connectivity index is 1.82. The Hall–Kier alpha value is -3.74. The fourth-order valence-electron chi connectivity index (χ4n) is 2.87. The molecule has 3 rings (SSSR count). The summed E-state index contributed by atoms with van der Waals surface area (Å²) in [6, 6.07) is 16.1. The second kappa shape index (κ2) is 8.97. The van der Waals surface area contributed by atoms with Gasteiger partial charge in [-0.05, 0) is 29.7 Å². The van der Waals surface area contributed by atoms with E-state index in [9.17, 15) is 9.59 Å². The van der Waals surface area contributed by atoms with Gasteiger partial charge in [0.2, 0.25) is 0 Å². The molecule has 0 radical (unpaired) electrons. The van der Waals surface area contributed by atoms with Gasteiger partial charge in [-0.15, -0.1) is 0 Å². The number of nitrogens with zero attached hydrogens (tertiary/aromatic N) is 2. The number of ether oxygens (including phenoxy) is 1. The highest BCUT2D eigenvalue weighted by atomic mass is 16.5. The zero-order chi connectivity index (χ0) is 20.8. The van der Waals surface area contributed by atoms with E-state index in [-0.39, 0.29) is 11.3 Å². The van der Waals surface area contributed by atoms with Crippen LogP contribution < -0.4 is 10.6 Å². The number of aromatic nitrogens is 2. The second-order valence-electron chi connectivity index (χ2n) is 6.65. The van der Waals surface area contributed by atoms with Crippen LogP contribution in [0.2, 0.25) is 0 Å². The molecule has 148 valence electrons. The van der Waals surface area contributed by atoms with Gasteiger partial charge in [0.05, 0.1) is 18.4 Å². The zero-order valence-corrected chi connectivity index (χ0v) is 16.5. The first-order chi connectivity index (χ1) is 14.0. The lowest BCUT2D eigenvalue weighted by molar-refractivity contribution is 0.0602. The first kappa shape index (κ1) is 20.0. The highest BCUT2D eigenvalue weighted by molar-refractivity contribution is 6.07. The van der Waals surface area contributed by atoms with E-state index in [1.807, 2.05) is 24.3 Å². The number of nitrogens with one attached hydrogen (secondary N) is 2. The number of hydrogen-bond donors (Lipinski definition) is 2. The Bertz CT molecular complexity index is 1030. The highest BCUT2D eigenvalue weighted by Crippen LogP contribution is 2.26. The molecule has 7 heteroatoms. The molecule has 1 heterocycles. The summed E-state index contributed by atoms with van der Waals surface area (Å²) in [5.41, 5.74) is 2.85. The van der Waals surface area contributed by atoms with Crippen molar-refractivity contribution in [2.75, 3.05) is 17.7 Å². The van der Waals surface area contributed by atoms with Crippen molar-refractivity contribution in [3.63, 3.8) is 0 Å². The van der Waals surface area contributed by atoms with Gasteiger partial charge in [0.15, 0.2) is 0 Å². The number of benzene rings is 2. The molecule has 3 aromatic rings. The summed E-state index contributed by atoms with van der Waals surface area (Å²) in [4.78, 5) is 32.8. The summed E-state index contributed by atoms with van der Waals surface area (Å²) >= 11 is 0. The summed E-state index contributed by atoms with van der Waals surface area (Å²) < 4.78 is 4.75. The summed E-state index contributed by atoms with van der Waals surface area (Å²) in [6.07, 6.45) is 1.32. The molecule has 0 spiro atoms. The average Bonchev–Trinajstić information content (AvgIpc) is 2.74. The number of rotatable bonds is 6. The molecule has 0 atom stereocenters.